The molecule has 0 saturated heterocycles. The SMILES string of the molecule is CCC(NC(=O)CN(c1ccc(Oc2ccccc2)cc1)S(C)(=O)=O)c1ccc(C)c(C)c1. The molecule has 6 nitrogen and oxygen atoms in total. The van der Waals surface area contributed by atoms with Crippen molar-refractivity contribution in [2.24, 2.45) is 0 Å². The van der Waals surface area contributed by atoms with Crippen molar-refractivity contribution in [1.82, 2.24) is 5.32 Å². The minimum absolute atomic E-state index is 0.195. The number of benzene rings is 3. The number of nitrogens with one attached hydrogen (secondary N) is 1. The molecule has 174 valence electrons. The van der Waals surface area contributed by atoms with Crippen LogP contribution in [0.1, 0.15) is 36.1 Å². The first kappa shape index (κ1) is 24.3. The molecule has 0 saturated carbocycles. The van der Waals surface area contributed by atoms with Gasteiger partial charge in [0.2, 0.25) is 15.9 Å². The Hall–Kier alpha value is -3.32. The Bertz CT molecular complexity index is 1190. The van der Waals surface area contributed by atoms with Gasteiger partial charge >= 0.3 is 0 Å². The summed E-state index contributed by atoms with van der Waals surface area (Å²) in [6.45, 7) is 5.75. The zero-order chi connectivity index (χ0) is 24.0. The van der Waals surface area contributed by atoms with Crippen molar-refractivity contribution in [2.45, 2.75) is 33.2 Å². The Morgan fingerprint density at radius 1 is 0.939 bits per heavy atom. The number of anilines is 1. The number of nitrogens with zero attached hydrogens (tertiary/aromatic N) is 1. The van der Waals surface area contributed by atoms with E-state index in [4.69, 9.17) is 4.74 Å². The first-order valence-electron chi connectivity index (χ1n) is 10.8. The van der Waals surface area contributed by atoms with Gasteiger partial charge in [-0.25, -0.2) is 8.42 Å². The van der Waals surface area contributed by atoms with Gasteiger partial charge in [0.15, 0.2) is 0 Å². The first-order chi connectivity index (χ1) is 15.7. The number of ether oxygens (including phenoxy) is 1. The lowest BCUT2D eigenvalue weighted by molar-refractivity contribution is -0.120. The number of rotatable bonds is 9. The van der Waals surface area contributed by atoms with Gasteiger partial charge < -0.3 is 10.1 Å². The molecule has 7 heteroatoms. The largest absolute Gasteiger partial charge is 0.457 e. The Morgan fingerprint density at radius 2 is 1.58 bits per heavy atom. The summed E-state index contributed by atoms with van der Waals surface area (Å²) >= 11 is 0. The van der Waals surface area contributed by atoms with E-state index in [-0.39, 0.29) is 18.5 Å². The van der Waals surface area contributed by atoms with E-state index in [0.717, 1.165) is 21.7 Å². The van der Waals surface area contributed by atoms with Gasteiger partial charge in [-0.1, -0.05) is 43.3 Å². The lowest BCUT2D eigenvalue weighted by atomic mass is 9.99. The van der Waals surface area contributed by atoms with Gasteiger partial charge in [0.1, 0.15) is 18.0 Å². The predicted molar refractivity (Wildman–Crippen MR) is 132 cm³/mol. The van der Waals surface area contributed by atoms with E-state index in [2.05, 4.69) is 11.4 Å². The van der Waals surface area contributed by atoms with Crippen molar-refractivity contribution in [3.05, 3.63) is 89.5 Å². The minimum Gasteiger partial charge on any atom is -0.457 e. The average Bonchev–Trinajstić information content (AvgIpc) is 2.78. The zero-order valence-corrected chi connectivity index (χ0v) is 20.2. The van der Waals surface area contributed by atoms with E-state index in [1.807, 2.05) is 63.2 Å². The normalized spacial score (nSPS) is 12.1. The van der Waals surface area contributed by atoms with Crippen molar-refractivity contribution in [3.8, 4) is 11.5 Å². The lowest BCUT2D eigenvalue weighted by Crippen LogP contribution is -2.41. The van der Waals surface area contributed by atoms with Crippen LogP contribution in [0.25, 0.3) is 0 Å². The minimum atomic E-state index is -3.67. The molecule has 3 aromatic rings. The average molecular weight is 467 g/mol. The maximum Gasteiger partial charge on any atom is 0.241 e. The third-order valence-corrected chi connectivity index (χ3v) is 6.61. The Balaban J connectivity index is 1.73. The van der Waals surface area contributed by atoms with E-state index in [0.29, 0.717) is 23.6 Å². The zero-order valence-electron chi connectivity index (χ0n) is 19.4. The van der Waals surface area contributed by atoms with Crippen LogP contribution in [0.15, 0.2) is 72.8 Å². The van der Waals surface area contributed by atoms with Crippen LogP contribution in [-0.2, 0) is 14.8 Å². The third kappa shape index (κ3) is 6.58. The lowest BCUT2D eigenvalue weighted by Gasteiger charge is -2.24. The van der Waals surface area contributed by atoms with Crippen molar-refractivity contribution in [1.29, 1.82) is 0 Å². The molecule has 0 spiro atoms. The van der Waals surface area contributed by atoms with Gasteiger partial charge in [-0.3, -0.25) is 9.10 Å². The van der Waals surface area contributed by atoms with Crippen LogP contribution in [0.2, 0.25) is 0 Å². The predicted octanol–water partition coefficient (Wildman–Crippen LogP) is 5.13. The summed E-state index contributed by atoms with van der Waals surface area (Å²) in [6.07, 6.45) is 1.79. The molecule has 1 atom stereocenters. The number of para-hydroxylation sites is 1. The number of sulfonamides is 1. The van der Waals surface area contributed by atoms with Gasteiger partial charge in [-0.05, 0) is 73.4 Å². The molecule has 0 bridgehead atoms. The molecular weight excluding hydrogens is 436 g/mol. The molecule has 3 rings (SSSR count). The number of aryl methyl sites for hydroxylation is 2. The molecule has 0 aliphatic rings. The van der Waals surface area contributed by atoms with Crippen LogP contribution >= 0.6 is 0 Å². The van der Waals surface area contributed by atoms with Crippen LogP contribution in [-0.4, -0.2) is 27.1 Å². The van der Waals surface area contributed by atoms with Gasteiger partial charge in [0.05, 0.1) is 18.0 Å². The highest BCUT2D eigenvalue weighted by Crippen LogP contribution is 2.26. The van der Waals surface area contributed by atoms with E-state index in [1.54, 1.807) is 24.3 Å². The highest BCUT2D eigenvalue weighted by Gasteiger charge is 2.23. The summed E-state index contributed by atoms with van der Waals surface area (Å²) in [4.78, 5) is 12.8. The van der Waals surface area contributed by atoms with Crippen LogP contribution in [0, 0.1) is 13.8 Å². The number of hydrogen-bond acceptors (Lipinski definition) is 4. The molecular formula is C26H30N2O4S. The molecule has 0 heterocycles. The topological polar surface area (TPSA) is 75.7 Å². The van der Waals surface area contributed by atoms with Crippen LogP contribution < -0.4 is 14.4 Å². The summed E-state index contributed by atoms with van der Waals surface area (Å²) in [5, 5.41) is 2.98. The molecule has 0 aromatic heterocycles. The third-order valence-electron chi connectivity index (χ3n) is 5.47. The van der Waals surface area contributed by atoms with E-state index < -0.39 is 10.0 Å². The van der Waals surface area contributed by atoms with Crippen LogP contribution in [0.4, 0.5) is 5.69 Å². The molecule has 33 heavy (non-hydrogen) atoms. The molecule has 0 aliphatic heterocycles. The molecule has 1 amide bonds. The number of amides is 1. The highest BCUT2D eigenvalue weighted by atomic mass is 32.2. The van der Waals surface area contributed by atoms with Gasteiger partial charge in [-0.15, -0.1) is 0 Å². The summed E-state index contributed by atoms with van der Waals surface area (Å²) in [5.74, 6) is 0.889. The fourth-order valence-electron chi connectivity index (χ4n) is 3.48. The molecule has 0 fully saturated rings. The fraction of sp³-hybridized carbons (Fsp3) is 0.269. The fourth-order valence-corrected chi connectivity index (χ4v) is 4.33. The number of carbonyl (C=O) groups is 1. The van der Waals surface area contributed by atoms with Gasteiger partial charge in [0.25, 0.3) is 0 Å². The second-order valence-corrected chi connectivity index (χ2v) is 9.96. The molecule has 0 radical (unpaired) electrons. The summed E-state index contributed by atoms with van der Waals surface area (Å²) in [6, 6.07) is 21.8. The van der Waals surface area contributed by atoms with Crippen molar-refractivity contribution in [3.63, 3.8) is 0 Å². The van der Waals surface area contributed by atoms with Gasteiger partial charge in [-0.2, -0.15) is 0 Å². The van der Waals surface area contributed by atoms with Gasteiger partial charge in [0, 0.05) is 0 Å². The standard InChI is InChI=1S/C26H30N2O4S/c1-5-25(21-12-11-19(2)20(3)17-21)27-26(29)18-28(33(4,30)31)22-13-15-24(16-14-22)32-23-9-7-6-8-10-23/h6-17,25H,5,18H2,1-4H3,(H,27,29). The monoisotopic (exact) mass is 466 g/mol. The smallest absolute Gasteiger partial charge is 0.241 e. The maximum atomic E-state index is 12.8. The Labute approximate surface area is 196 Å². The Kier molecular flexibility index (Phi) is 7.76. The van der Waals surface area contributed by atoms with E-state index in [9.17, 15) is 13.2 Å². The van der Waals surface area contributed by atoms with E-state index >= 15 is 0 Å². The summed E-state index contributed by atoms with van der Waals surface area (Å²) in [5.41, 5.74) is 3.73. The number of carbonyl (C=O) groups excluding carboxylic acids is 1. The van der Waals surface area contributed by atoms with E-state index in [1.165, 1.54) is 5.56 Å². The Morgan fingerprint density at radius 3 is 2.15 bits per heavy atom. The summed E-state index contributed by atoms with van der Waals surface area (Å²) in [7, 11) is -3.67. The molecule has 0 aliphatic carbocycles. The van der Waals surface area contributed by atoms with Crippen molar-refractivity contribution in [2.75, 3.05) is 17.1 Å². The summed E-state index contributed by atoms with van der Waals surface area (Å²) < 4.78 is 31.8. The quantitative estimate of drug-likeness (QED) is 0.474. The molecule has 3 aromatic carbocycles. The maximum absolute atomic E-state index is 12.8. The van der Waals surface area contributed by atoms with Crippen LogP contribution in [0.5, 0.6) is 11.5 Å². The molecule has 1 unspecified atom stereocenters. The van der Waals surface area contributed by atoms with Crippen molar-refractivity contribution >= 4 is 21.6 Å². The first-order valence-corrected chi connectivity index (χ1v) is 12.7. The second-order valence-electron chi connectivity index (χ2n) is 8.05. The second kappa shape index (κ2) is 10.5. The van der Waals surface area contributed by atoms with Crippen molar-refractivity contribution < 1.29 is 17.9 Å². The van der Waals surface area contributed by atoms with Crippen LogP contribution in [0.3, 0.4) is 0 Å². The number of hydrogen-bond donors (Lipinski definition) is 1. The molecule has 1 N–H and O–H groups in total. The highest BCUT2D eigenvalue weighted by molar-refractivity contribution is 7.92.